The van der Waals surface area contributed by atoms with Gasteiger partial charge >= 0.3 is 29.6 Å². The van der Waals surface area contributed by atoms with Gasteiger partial charge in [0.05, 0.1) is 4.90 Å². The number of anilines is 1. The summed E-state index contributed by atoms with van der Waals surface area (Å²) in [6.45, 7) is 0. The molecule has 2 N–H and O–H groups in total. The molecule has 4 aromatic carbocycles. The average Bonchev–Trinajstić information content (AvgIpc) is 2.52. The van der Waals surface area contributed by atoms with E-state index in [-0.39, 0.29) is 40.1 Å². The third-order valence-corrected chi connectivity index (χ3v) is 5.11. The van der Waals surface area contributed by atoms with Gasteiger partial charge in [-0.2, -0.15) is 0 Å². The number of nitrogen functional groups attached to an aromatic ring is 1. The summed E-state index contributed by atoms with van der Waals surface area (Å²) in [5.74, 6) is 0. The van der Waals surface area contributed by atoms with E-state index in [0.717, 1.165) is 21.5 Å². The van der Waals surface area contributed by atoms with E-state index in [4.69, 9.17) is 5.73 Å². The van der Waals surface area contributed by atoms with Crippen molar-refractivity contribution in [3.05, 3.63) is 60.7 Å². The number of fused-ring (bicyclic) bond motifs is 5. The summed E-state index contributed by atoms with van der Waals surface area (Å²) in [7, 11) is -4.65. The molecule has 0 aliphatic carbocycles. The van der Waals surface area contributed by atoms with Crippen LogP contribution >= 0.6 is 0 Å². The molecule has 4 rings (SSSR count). The van der Waals surface area contributed by atoms with Gasteiger partial charge in [0.15, 0.2) is 0 Å². The second-order valence-electron chi connectivity index (χ2n) is 5.48. The van der Waals surface area contributed by atoms with Crippen molar-refractivity contribution in [3.8, 4) is 0 Å². The first kappa shape index (κ1) is 17.2. The molecular formula is C18H12NNaO3S. The molecule has 0 saturated heterocycles. The molecule has 0 spiro atoms. The summed E-state index contributed by atoms with van der Waals surface area (Å²) in [4.78, 5) is -0.343. The van der Waals surface area contributed by atoms with Crippen LogP contribution in [0.1, 0.15) is 0 Å². The van der Waals surface area contributed by atoms with E-state index in [2.05, 4.69) is 0 Å². The first-order chi connectivity index (χ1) is 11.0. The van der Waals surface area contributed by atoms with Crippen LogP contribution in [0.5, 0.6) is 0 Å². The SMILES string of the molecule is Nc1ccc2c(ccc3c4ccccc4ccc23)c1S(=O)(=O)[O-].[Na+]. The summed E-state index contributed by atoms with van der Waals surface area (Å²) in [5, 5.41) is 5.15. The zero-order chi connectivity index (χ0) is 16.2. The van der Waals surface area contributed by atoms with Crippen LogP contribution in [0.4, 0.5) is 5.69 Å². The maximum Gasteiger partial charge on any atom is 1.00 e. The molecule has 0 fully saturated rings. The van der Waals surface area contributed by atoms with E-state index >= 15 is 0 Å². The Labute approximate surface area is 161 Å². The monoisotopic (exact) mass is 345 g/mol. The van der Waals surface area contributed by atoms with Crippen molar-refractivity contribution in [1.82, 2.24) is 0 Å². The molecule has 4 nitrogen and oxygen atoms in total. The summed E-state index contributed by atoms with van der Waals surface area (Å²) in [6, 6.07) is 18.6. The van der Waals surface area contributed by atoms with Gasteiger partial charge in [-0.1, -0.05) is 54.6 Å². The van der Waals surface area contributed by atoms with E-state index in [9.17, 15) is 13.0 Å². The minimum atomic E-state index is -4.65. The quantitative estimate of drug-likeness (QED) is 0.237. The van der Waals surface area contributed by atoms with E-state index in [1.807, 2.05) is 42.5 Å². The Morgan fingerprint density at radius 1 is 0.708 bits per heavy atom. The van der Waals surface area contributed by atoms with Gasteiger partial charge < -0.3 is 10.3 Å². The molecule has 114 valence electrons. The standard InChI is InChI=1S/C18H13NO3S.Na/c19-17-10-9-15-14-6-5-11-3-1-2-4-12(11)13(14)7-8-16(15)18(17)23(20,21)22;/h1-10H,19H2,(H,20,21,22);/q;+1/p-1. The number of hydrogen-bond acceptors (Lipinski definition) is 4. The second kappa shape index (κ2) is 6.02. The molecule has 24 heavy (non-hydrogen) atoms. The van der Waals surface area contributed by atoms with Crippen molar-refractivity contribution < 1.29 is 42.5 Å². The van der Waals surface area contributed by atoms with Crippen molar-refractivity contribution in [1.29, 1.82) is 0 Å². The molecule has 0 bridgehead atoms. The molecule has 0 atom stereocenters. The van der Waals surface area contributed by atoms with Crippen LogP contribution < -0.4 is 35.3 Å². The van der Waals surface area contributed by atoms with Gasteiger partial charge in [-0.3, -0.25) is 0 Å². The van der Waals surface area contributed by atoms with Crippen LogP contribution in [-0.4, -0.2) is 13.0 Å². The molecule has 6 heteroatoms. The summed E-state index contributed by atoms with van der Waals surface area (Å²) < 4.78 is 34.7. The third kappa shape index (κ3) is 2.59. The van der Waals surface area contributed by atoms with Gasteiger partial charge in [0.2, 0.25) is 0 Å². The van der Waals surface area contributed by atoms with E-state index in [0.29, 0.717) is 10.8 Å². The molecule has 0 heterocycles. The van der Waals surface area contributed by atoms with E-state index in [1.165, 1.54) is 6.07 Å². The number of hydrogen-bond donors (Lipinski definition) is 1. The predicted octanol–water partition coefficient (Wildman–Crippen LogP) is 0.636. The smallest absolute Gasteiger partial charge is 0.744 e. The number of benzene rings is 4. The topological polar surface area (TPSA) is 83.2 Å². The molecule has 0 radical (unpaired) electrons. The Kier molecular flexibility index (Phi) is 4.32. The number of rotatable bonds is 1. The van der Waals surface area contributed by atoms with Crippen LogP contribution in [0.25, 0.3) is 32.3 Å². The fourth-order valence-electron chi connectivity index (χ4n) is 3.17. The van der Waals surface area contributed by atoms with Gasteiger partial charge in [-0.25, -0.2) is 8.42 Å². The maximum atomic E-state index is 11.6. The normalized spacial score (nSPS) is 11.7. The van der Waals surface area contributed by atoms with Crippen molar-refractivity contribution in [3.63, 3.8) is 0 Å². The zero-order valence-corrected chi connectivity index (χ0v) is 15.8. The van der Waals surface area contributed by atoms with Gasteiger partial charge in [0.1, 0.15) is 10.1 Å². The van der Waals surface area contributed by atoms with Gasteiger partial charge in [-0.15, -0.1) is 0 Å². The van der Waals surface area contributed by atoms with Crippen LogP contribution in [0.15, 0.2) is 65.6 Å². The fraction of sp³-hybridized carbons (Fsp3) is 0. The first-order valence-electron chi connectivity index (χ1n) is 7.05. The Morgan fingerprint density at radius 3 is 2.00 bits per heavy atom. The Bertz CT molecular complexity index is 1200. The molecule has 0 aromatic heterocycles. The summed E-state index contributed by atoms with van der Waals surface area (Å²) >= 11 is 0. The van der Waals surface area contributed by atoms with Gasteiger partial charge in [0, 0.05) is 11.1 Å². The molecule has 0 aliphatic heterocycles. The zero-order valence-electron chi connectivity index (χ0n) is 13.0. The minimum Gasteiger partial charge on any atom is -0.744 e. The van der Waals surface area contributed by atoms with E-state index < -0.39 is 10.1 Å². The number of nitrogens with two attached hydrogens (primary N) is 1. The average molecular weight is 345 g/mol. The molecular weight excluding hydrogens is 333 g/mol. The predicted molar refractivity (Wildman–Crippen MR) is 91.3 cm³/mol. The largest absolute Gasteiger partial charge is 1.00 e. The maximum absolute atomic E-state index is 11.6. The van der Waals surface area contributed by atoms with E-state index in [1.54, 1.807) is 12.1 Å². The third-order valence-electron chi connectivity index (χ3n) is 4.15. The van der Waals surface area contributed by atoms with Crippen molar-refractivity contribution in [2.45, 2.75) is 4.90 Å². The van der Waals surface area contributed by atoms with Crippen molar-refractivity contribution in [2.24, 2.45) is 0 Å². The molecule has 4 aromatic rings. The Balaban J connectivity index is 0.00000169. The second-order valence-corrected chi connectivity index (χ2v) is 6.80. The minimum absolute atomic E-state index is 0. The molecule has 0 amide bonds. The van der Waals surface area contributed by atoms with Crippen molar-refractivity contribution >= 4 is 48.1 Å². The van der Waals surface area contributed by atoms with Crippen LogP contribution in [0, 0.1) is 0 Å². The summed E-state index contributed by atoms with van der Waals surface area (Å²) in [5.41, 5.74) is 5.71. The van der Waals surface area contributed by atoms with Crippen molar-refractivity contribution in [2.75, 3.05) is 5.73 Å². The Morgan fingerprint density at radius 2 is 1.25 bits per heavy atom. The molecule has 0 unspecified atom stereocenters. The fourth-order valence-corrected chi connectivity index (χ4v) is 3.98. The molecule has 0 saturated carbocycles. The van der Waals surface area contributed by atoms with Gasteiger partial charge in [-0.05, 0) is 33.0 Å². The Hall–Kier alpha value is -1.63. The van der Waals surface area contributed by atoms with Crippen LogP contribution in [-0.2, 0) is 10.1 Å². The molecule has 0 aliphatic rings. The summed E-state index contributed by atoms with van der Waals surface area (Å²) in [6.07, 6.45) is 0. The first-order valence-corrected chi connectivity index (χ1v) is 8.46. The van der Waals surface area contributed by atoms with Gasteiger partial charge in [0.25, 0.3) is 0 Å². The van der Waals surface area contributed by atoms with Crippen LogP contribution in [0.3, 0.4) is 0 Å². The van der Waals surface area contributed by atoms with Crippen LogP contribution in [0.2, 0.25) is 0 Å².